The summed E-state index contributed by atoms with van der Waals surface area (Å²) in [4.78, 5) is 16.8. The van der Waals surface area contributed by atoms with Gasteiger partial charge in [-0.25, -0.2) is 0 Å². The fourth-order valence-corrected chi connectivity index (χ4v) is 3.48. The molecule has 3 aromatic rings. The average molecular weight is 373 g/mol. The molecular weight excluding hydrogens is 359 g/mol. The van der Waals surface area contributed by atoms with Crippen LogP contribution < -0.4 is 5.32 Å². The van der Waals surface area contributed by atoms with Crippen LogP contribution in [0, 0.1) is 0 Å². The van der Waals surface area contributed by atoms with E-state index in [0.717, 1.165) is 30.6 Å². The van der Waals surface area contributed by atoms with E-state index >= 15 is 0 Å². The van der Waals surface area contributed by atoms with Gasteiger partial charge in [0.05, 0.1) is 40.1 Å². The summed E-state index contributed by atoms with van der Waals surface area (Å²) in [5, 5.41) is 8.22. The summed E-state index contributed by atoms with van der Waals surface area (Å²) in [6.07, 6.45) is 5.15. The van der Waals surface area contributed by atoms with Crippen LogP contribution in [0.15, 0.2) is 42.7 Å². The van der Waals surface area contributed by atoms with Crippen molar-refractivity contribution in [1.82, 2.24) is 14.8 Å². The summed E-state index contributed by atoms with van der Waals surface area (Å²) < 4.78 is 1.89. The number of hydrogen-bond donors (Lipinski definition) is 1. The third-order valence-corrected chi connectivity index (χ3v) is 4.75. The van der Waals surface area contributed by atoms with Gasteiger partial charge >= 0.3 is 0 Å². The van der Waals surface area contributed by atoms with E-state index in [2.05, 4.69) is 15.4 Å². The van der Waals surface area contributed by atoms with Crippen LogP contribution in [0.3, 0.4) is 0 Å². The number of rotatable bonds is 3. The molecule has 0 saturated carbocycles. The molecule has 0 saturated heterocycles. The molecule has 25 heavy (non-hydrogen) atoms. The summed E-state index contributed by atoms with van der Waals surface area (Å²) >= 11 is 12.1. The van der Waals surface area contributed by atoms with Crippen LogP contribution in [0.2, 0.25) is 10.0 Å². The van der Waals surface area contributed by atoms with Gasteiger partial charge in [0, 0.05) is 17.1 Å². The van der Waals surface area contributed by atoms with E-state index in [1.165, 1.54) is 0 Å². The van der Waals surface area contributed by atoms with Crippen LogP contribution in [-0.2, 0) is 13.0 Å². The Morgan fingerprint density at radius 1 is 1.16 bits per heavy atom. The number of aromatic nitrogens is 3. The largest absolute Gasteiger partial charge is 0.320 e. The molecule has 0 atom stereocenters. The number of nitrogens with zero attached hydrogens (tertiary/aromatic N) is 3. The molecule has 0 radical (unpaired) electrons. The number of anilines is 1. The second-order valence-electron chi connectivity index (χ2n) is 5.84. The minimum absolute atomic E-state index is 0.165. The molecule has 1 aliphatic heterocycles. The van der Waals surface area contributed by atoms with Gasteiger partial charge in [-0.2, -0.15) is 5.10 Å². The second-order valence-corrected chi connectivity index (χ2v) is 6.69. The Bertz CT molecular complexity index is 950. The van der Waals surface area contributed by atoms with Crippen molar-refractivity contribution in [3.8, 4) is 11.3 Å². The van der Waals surface area contributed by atoms with Gasteiger partial charge in [0.1, 0.15) is 0 Å². The van der Waals surface area contributed by atoms with Gasteiger partial charge in [-0.3, -0.25) is 14.5 Å². The fourth-order valence-electron chi connectivity index (χ4n) is 2.98. The Morgan fingerprint density at radius 2 is 2.04 bits per heavy atom. The maximum Gasteiger partial charge on any atom is 0.259 e. The number of carbonyl (C=O) groups excluding carboxylic acids is 1. The van der Waals surface area contributed by atoms with Crippen molar-refractivity contribution in [2.24, 2.45) is 0 Å². The number of carbonyl (C=O) groups is 1. The highest BCUT2D eigenvalue weighted by molar-refractivity contribution is 6.36. The third-order valence-electron chi connectivity index (χ3n) is 4.21. The normalized spacial score (nSPS) is 12.9. The number of aryl methyl sites for hydroxylation is 1. The van der Waals surface area contributed by atoms with Crippen LogP contribution >= 0.6 is 23.2 Å². The predicted molar refractivity (Wildman–Crippen MR) is 98.2 cm³/mol. The number of halogens is 2. The Labute approximate surface area is 154 Å². The van der Waals surface area contributed by atoms with E-state index in [1.54, 1.807) is 30.6 Å². The minimum Gasteiger partial charge on any atom is -0.320 e. The van der Waals surface area contributed by atoms with Crippen molar-refractivity contribution in [2.45, 2.75) is 19.4 Å². The van der Waals surface area contributed by atoms with Gasteiger partial charge in [-0.1, -0.05) is 23.2 Å². The third kappa shape index (κ3) is 3.13. The fraction of sp³-hybridized carbons (Fsp3) is 0.167. The Balaban J connectivity index is 1.53. The first-order valence-electron chi connectivity index (χ1n) is 7.89. The molecule has 5 nitrogen and oxygen atoms in total. The maximum absolute atomic E-state index is 12.5. The molecule has 0 aliphatic carbocycles. The molecule has 7 heteroatoms. The standard InChI is InChI=1S/C18H14Cl2N4O/c19-11-3-5-13(15(20)8-11)16-6-4-12(9-21-16)23-18(25)14-10-22-24-7-1-2-17(14)24/h3-6,8-10H,1-2,7H2,(H,23,25). The van der Waals surface area contributed by atoms with Gasteiger partial charge in [0.2, 0.25) is 0 Å². The molecule has 126 valence electrons. The molecule has 1 N–H and O–H groups in total. The van der Waals surface area contributed by atoms with E-state index in [1.807, 2.05) is 16.8 Å². The summed E-state index contributed by atoms with van der Waals surface area (Å²) in [6.45, 7) is 0.876. The Kier molecular flexibility index (Phi) is 4.19. The van der Waals surface area contributed by atoms with Gasteiger partial charge in [0.15, 0.2) is 0 Å². The van der Waals surface area contributed by atoms with Crippen molar-refractivity contribution in [3.63, 3.8) is 0 Å². The molecule has 0 spiro atoms. The Morgan fingerprint density at radius 3 is 2.80 bits per heavy atom. The zero-order valence-corrected chi connectivity index (χ0v) is 14.7. The van der Waals surface area contributed by atoms with E-state index in [9.17, 15) is 4.79 Å². The van der Waals surface area contributed by atoms with Crippen molar-refractivity contribution >= 4 is 34.8 Å². The van der Waals surface area contributed by atoms with E-state index in [4.69, 9.17) is 23.2 Å². The van der Waals surface area contributed by atoms with Crippen LogP contribution in [0.5, 0.6) is 0 Å². The highest BCUT2D eigenvalue weighted by Gasteiger charge is 2.21. The lowest BCUT2D eigenvalue weighted by atomic mass is 10.1. The first kappa shape index (κ1) is 16.1. The topological polar surface area (TPSA) is 59.8 Å². The number of amides is 1. The molecule has 0 unspecified atom stereocenters. The quantitative estimate of drug-likeness (QED) is 0.738. The zero-order chi connectivity index (χ0) is 17.4. The molecule has 1 amide bonds. The van der Waals surface area contributed by atoms with Crippen LogP contribution in [0.25, 0.3) is 11.3 Å². The van der Waals surface area contributed by atoms with E-state index in [-0.39, 0.29) is 5.91 Å². The minimum atomic E-state index is -0.165. The summed E-state index contributed by atoms with van der Waals surface area (Å²) in [5.41, 5.74) is 3.75. The first-order valence-corrected chi connectivity index (χ1v) is 8.65. The Hall–Kier alpha value is -2.37. The summed E-state index contributed by atoms with van der Waals surface area (Å²) in [7, 11) is 0. The first-order chi connectivity index (χ1) is 12.1. The SMILES string of the molecule is O=C(Nc1ccc(-c2ccc(Cl)cc2Cl)nc1)c1cnn2c1CCC2. The molecule has 0 bridgehead atoms. The van der Waals surface area contributed by atoms with Crippen molar-refractivity contribution in [3.05, 3.63) is 64.0 Å². The molecule has 2 aromatic heterocycles. The maximum atomic E-state index is 12.5. The zero-order valence-electron chi connectivity index (χ0n) is 13.2. The highest BCUT2D eigenvalue weighted by atomic mass is 35.5. The second kappa shape index (κ2) is 6.50. The molecule has 3 heterocycles. The van der Waals surface area contributed by atoms with E-state index in [0.29, 0.717) is 27.0 Å². The lowest BCUT2D eigenvalue weighted by Crippen LogP contribution is -2.13. The molecule has 1 aliphatic rings. The number of nitrogens with one attached hydrogen (secondary N) is 1. The average Bonchev–Trinajstić information content (AvgIpc) is 3.19. The molecule has 4 rings (SSSR count). The van der Waals surface area contributed by atoms with Crippen LogP contribution in [0.1, 0.15) is 22.5 Å². The van der Waals surface area contributed by atoms with Crippen molar-refractivity contribution in [2.75, 3.05) is 5.32 Å². The van der Waals surface area contributed by atoms with Crippen LogP contribution in [0.4, 0.5) is 5.69 Å². The predicted octanol–water partition coefficient (Wildman–Crippen LogP) is 4.45. The lowest BCUT2D eigenvalue weighted by Gasteiger charge is -2.07. The molecular formula is C18H14Cl2N4O. The number of benzene rings is 1. The van der Waals surface area contributed by atoms with Crippen molar-refractivity contribution in [1.29, 1.82) is 0 Å². The number of fused-ring (bicyclic) bond motifs is 1. The molecule has 1 aromatic carbocycles. The van der Waals surface area contributed by atoms with E-state index < -0.39 is 0 Å². The van der Waals surface area contributed by atoms with Gasteiger partial charge in [-0.05, 0) is 43.2 Å². The summed E-state index contributed by atoms with van der Waals surface area (Å²) in [5.74, 6) is -0.165. The smallest absolute Gasteiger partial charge is 0.259 e. The van der Waals surface area contributed by atoms with Crippen molar-refractivity contribution < 1.29 is 4.79 Å². The lowest BCUT2D eigenvalue weighted by molar-refractivity contribution is 0.102. The van der Waals surface area contributed by atoms with Crippen LogP contribution in [-0.4, -0.2) is 20.7 Å². The van der Waals surface area contributed by atoms with Gasteiger partial charge in [0.25, 0.3) is 5.91 Å². The molecule has 0 fully saturated rings. The van der Waals surface area contributed by atoms with Gasteiger partial charge in [-0.15, -0.1) is 0 Å². The highest BCUT2D eigenvalue weighted by Crippen LogP contribution is 2.29. The summed E-state index contributed by atoms with van der Waals surface area (Å²) in [6, 6.07) is 8.88. The van der Waals surface area contributed by atoms with Gasteiger partial charge < -0.3 is 5.32 Å². The number of hydrogen-bond acceptors (Lipinski definition) is 3. The monoisotopic (exact) mass is 372 g/mol. The number of pyridine rings is 1.